The Balaban J connectivity index is 2.23. The maximum absolute atomic E-state index is 11.3. The van der Waals surface area contributed by atoms with E-state index >= 15 is 0 Å². The number of rotatable bonds is 6. The zero-order valence-corrected chi connectivity index (χ0v) is 8.72. The number of nitrogens with one attached hydrogen (secondary N) is 1. The van der Waals surface area contributed by atoms with E-state index in [-0.39, 0.29) is 24.6 Å². The fourth-order valence-corrected chi connectivity index (χ4v) is 2.64. The average molecular weight is 221 g/mol. The van der Waals surface area contributed by atoms with Gasteiger partial charge in [0.05, 0.1) is 5.75 Å². The smallest absolute Gasteiger partial charge is 0.303 e. The normalized spacial score (nSPS) is 17.7. The summed E-state index contributed by atoms with van der Waals surface area (Å²) in [6.45, 7) is 0. The highest BCUT2D eigenvalue weighted by Crippen LogP contribution is 2.19. The number of aliphatic carboxylic acids is 1. The molecule has 1 aliphatic carbocycles. The van der Waals surface area contributed by atoms with Crippen LogP contribution in [0.1, 0.15) is 32.1 Å². The molecule has 0 amide bonds. The molecule has 0 saturated heterocycles. The molecule has 0 aromatic rings. The van der Waals surface area contributed by atoms with Gasteiger partial charge in [-0.2, -0.15) is 0 Å². The first-order valence-electron chi connectivity index (χ1n) is 4.71. The van der Waals surface area contributed by atoms with Gasteiger partial charge in [0.2, 0.25) is 10.0 Å². The first-order chi connectivity index (χ1) is 6.49. The number of hydrogen-bond acceptors (Lipinski definition) is 3. The third kappa shape index (κ3) is 4.06. The molecule has 1 saturated carbocycles. The summed E-state index contributed by atoms with van der Waals surface area (Å²) in [6.07, 6.45) is 2.96. The molecular formula is C8H15NO4S. The van der Waals surface area contributed by atoms with Crippen LogP contribution in [0.5, 0.6) is 0 Å². The minimum absolute atomic E-state index is 0.0875. The number of carbonyl (C=O) groups is 1. The van der Waals surface area contributed by atoms with Gasteiger partial charge in [0.1, 0.15) is 0 Å². The van der Waals surface area contributed by atoms with Crippen LogP contribution < -0.4 is 4.72 Å². The minimum Gasteiger partial charge on any atom is -0.481 e. The maximum Gasteiger partial charge on any atom is 0.303 e. The lowest BCUT2D eigenvalue weighted by Crippen LogP contribution is -2.40. The molecule has 0 aromatic carbocycles. The number of sulfonamides is 1. The van der Waals surface area contributed by atoms with Gasteiger partial charge in [-0.1, -0.05) is 6.42 Å². The summed E-state index contributed by atoms with van der Waals surface area (Å²) in [7, 11) is -3.25. The van der Waals surface area contributed by atoms with Crippen molar-refractivity contribution < 1.29 is 18.3 Å². The van der Waals surface area contributed by atoms with Crippen molar-refractivity contribution in [3.8, 4) is 0 Å². The van der Waals surface area contributed by atoms with Crippen LogP contribution in [0.3, 0.4) is 0 Å². The third-order valence-corrected chi connectivity index (χ3v) is 3.77. The molecule has 5 nitrogen and oxygen atoms in total. The van der Waals surface area contributed by atoms with Crippen LogP contribution in [-0.2, 0) is 14.8 Å². The van der Waals surface area contributed by atoms with Crippen LogP contribution in [0, 0.1) is 0 Å². The van der Waals surface area contributed by atoms with Gasteiger partial charge in [-0.15, -0.1) is 0 Å². The molecule has 0 spiro atoms. The van der Waals surface area contributed by atoms with Crippen molar-refractivity contribution in [1.29, 1.82) is 0 Å². The molecule has 0 heterocycles. The Morgan fingerprint density at radius 3 is 2.50 bits per heavy atom. The molecule has 0 unspecified atom stereocenters. The molecule has 82 valence electrons. The average Bonchev–Trinajstić information content (AvgIpc) is 1.96. The van der Waals surface area contributed by atoms with Gasteiger partial charge in [0.15, 0.2) is 0 Å². The fourth-order valence-electron chi connectivity index (χ4n) is 1.25. The van der Waals surface area contributed by atoms with Gasteiger partial charge in [0.25, 0.3) is 0 Å². The first kappa shape index (κ1) is 11.5. The van der Waals surface area contributed by atoms with Gasteiger partial charge in [-0.3, -0.25) is 4.79 Å². The summed E-state index contributed by atoms with van der Waals surface area (Å²) in [5, 5.41) is 8.33. The van der Waals surface area contributed by atoms with E-state index in [2.05, 4.69) is 4.72 Å². The SMILES string of the molecule is O=C(O)CCCS(=O)(=O)NC1CCC1. The predicted molar refractivity (Wildman–Crippen MR) is 51.4 cm³/mol. The van der Waals surface area contributed by atoms with Crippen molar-refractivity contribution in [2.75, 3.05) is 5.75 Å². The van der Waals surface area contributed by atoms with E-state index in [1.165, 1.54) is 0 Å². The van der Waals surface area contributed by atoms with Crippen molar-refractivity contribution in [3.63, 3.8) is 0 Å². The molecule has 6 heteroatoms. The molecule has 0 aliphatic heterocycles. The van der Waals surface area contributed by atoms with Gasteiger partial charge < -0.3 is 5.11 Å². The Kier molecular flexibility index (Phi) is 3.88. The summed E-state index contributed by atoms with van der Waals surface area (Å²) < 4.78 is 25.2. The van der Waals surface area contributed by atoms with Gasteiger partial charge >= 0.3 is 5.97 Å². The molecule has 14 heavy (non-hydrogen) atoms. The zero-order valence-electron chi connectivity index (χ0n) is 7.90. The van der Waals surface area contributed by atoms with Crippen molar-refractivity contribution >= 4 is 16.0 Å². The Morgan fingerprint density at radius 2 is 2.07 bits per heavy atom. The molecule has 1 rings (SSSR count). The van der Waals surface area contributed by atoms with E-state index in [9.17, 15) is 13.2 Å². The molecule has 0 atom stereocenters. The van der Waals surface area contributed by atoms with Crippen molar-refractivity contribution in [2.24, 2.45) is 0 Å². The summed E-state index contributed by atoms with van der Waals surface area (Å²) in [5.41, 5.74) is 0. The van der Waals surface area contributed by atoms with E-state index in [0.29, 0.717) is 0 Å². The summed E-state index contributed by atoms with van der Waals surface area (Å²) >= 11 is 0. The molecule has 1 fully saturated rings. The molecule has 2 N–H and O–H groups in total. The second-order valence-corrected chi connectivity index (χ2v) is 5.44. The Hall–Kier alpha value is -0.620. The van der Waals surface area contributed by atoms with Crippen molar-refractivity contribution in [2.45, 2.75) is 38.1 Å². The van der Waals surface area contributed by atoms with Crippen molar-refractivity contribution in [1.82, 2.24) is 4.72 Å². The molecule has 1 aliphatic rings. The lowest BCUT2D eigenvalue weighted by Gasteiger charge is -2.25. The van der Waals surface area contributed by atoms with Crippen LogP contribution >= 0.6 is 0 Å². The zero-order chi connectivity index (χ0) is 10.6. The molecular weight excluding hydrogens is 206 g/mol. The predicted octanol–water partition coefficient (Wildman–Crippen LogP) is 0.323. The van der Waals surface area contributed by atoms with Gasteiger partial charge in [0, 0.05) is 12.5 Å². The minimum atomic E-state index is -3.25. The topological polar surface area (TPSA) is 83.5 Å². The quantitative estimate of drug-likeness (QED) is 0.676. The van der Waals surface area contributed by atoms with Gasteiger partial charge in [-0.05, 0) is 19.3 Å². The van der Waals surface area contributed by atoms with E-state index in [1.54, 1.807) is 0 Å². The largest absolute Gasteiger partial charge is 0.481 e. The summed E-state index contributed by atoms with van der Waals surface area (Å²) in [4.78, 5) is 10.2. The maximum atomic E-state index is 11.3. The number of carboxylic acids is 1. The highest BCUT2D eigenvalue weighted by atomic mass is 32.2. The fraction of sp³-hybridized carbons (Fsp3) is 0.875. The summed E-state index contributed by atoms with van der Waals surface area (Å²) in [6, 6.07) is 0.0878. The highest BCUT2D eigenvalue weighted by molar-refractivity contribution is 7.89. The van der Waals surface area contributed by atoms with E-state index in [1.807, 2.05) is 0 Å². The van der Waals surface area contributed by atoms with Gasteiger partial charge in [-0.25, -0.2) is 13.1 Å². The standard InChI is InChI=1S/C8H15NO4S/c10-8(11)5-2-6-14(12,13)9-7-3-1-4-7/h7,9H,1-6H2,(H,10,11). The number of hydrogen-bond donors (Lipinski definition) is 2. The summed E-state index contributed by atoms with van der Waals surface area (Å²) in [5.74, 6) is -1.04. The van der Waals surface area contributed by atoms with E-state index in [4.69, 9.17) is 5.11 Å². The van der Waals surface area contributed by atoms with Crippen LogP contribution in [0.15, 0.2) is 0 Å². The van der Waals surface area contributed by atoms with Crippen LogP contribution in [0.25, 0.3) is 0 Å². The van der Waals surface area contributed by atoms with Crippen LogP contribution in [-0.4, -0.2) is 31.3 Å². The second kappa shape index (κ2) is 4.75. The third-order valence-electron chi connectivity index (χ3n) is 2.26. The molecule has 0 aromatic heterocycles. The Morgan fingerprint density at radius 1 is 1.43 bits per heavy atom. The number of carboxylic acid groups (broad SMARTS) is 1. The van der Waals surface area contributed by atoms with E-state index in [0.717, 1.165) is 19.3 Å². The molecule has 0 radical (unpaired) electrons. The van der Waals surface area contributed by atoms with Crippen LogP contribution in [0.4, 0.5) is 0 Å². The lowest BCUT2D eigenvalue weighted by molar-refractivity contribution is -0.137. The van der Waals surface area contributed by atoms with Crippen LogP contribution in [0.2, 0.25) is 0 Å². The van der Waals surface area contributed by atoms with Crippen molar-refractivity contribution in [3.05, 3.63) is 0 Å². The lowest BCUT2D eigenvalue weighted by atomic mass is 9.94. The first-order valence-corrected chi connectivity index (χ1v) is 6.36. The molecule has 0 bridgehead atoms. The second-order valence-electron chi connectivity index (χ2n) is 3.56. The monoisotopic (exact) mass is 221 g/mol. The highest BCUT2D eigenvalue weighted by Gasteiger charge is 2.22. The Bertz CT molecular complexity index is 294. The van der Waals surface area contributed by atoms with E-state index < -0.39 is 16.0 Å². The Labute approximate surface area is 83.6 Å².